The van der Waals surface area contributed by atoms with E-state index in [2.05, 4.69) is 10.3 Å². The van der Waals surface area contributed by atoms with Crippen LogP contribution in [0.4, 0.5) is 0 Å². The minimum Gasteiger partial charge on any atom is -0.343 e. The van der Waals surface area contributed by atoms with E-state index < -0.39 is 0 Å². The Hall–Kier alpha value is -2.45. The van der Waals surface area contributed by atoms with Gasteiger partial charge in [0.25, 0.3) is 5.91 Å². The summed E-state index contributed by atoms with van der Waals surface area (Å²) in [6, 6.07) is 0.118. The minimum absolute atomic E-state index is 0.0370. The number of piperidine rings is 1. The molecule has 1 aromatic rings. The van der Waals surface area contributed by atoms with E-state index in [4.69, 9.17) is 0 Å². The van der Waals surface area contributed by atoms with E-state index in [9.17, 15) is 14.4 Å². The summed E-state index contributed by atoms with van der Waals surface area (Å²) in [5.41, 5.74) is 0.279. The Balaban J connectivity index is 1.60. The molecule has 0 N–H and O–H groups in total. The number of likely N-dealkylation sites (N-methyl/N-ethyl adjacent to an activating group) is 1. The third-order valence-electron chi connectivity index (χ3n) is 5.96. The third kappa shape index (κ3) is 5.13. The summed E-state index contributed by atoms with van der Waals surface area (Å²) < 4.78 is 1.44. The van der Waals surface area contributed by atoms with E-state index in [0.29, 0.717) is 32.6 Å². The molecule has 0 unspecified atom stereocenters. The molecule has 3 rings (SSSR count). The fourth-order valence-electron chi connectivity index (χ4n) is 4.25. The number of aromatic nitrogens is 3. The number of carbonyl (C=O) groups excluding carboxylic acids is 3. The predicted octanol–water partition coefficient (Wildman–Crippen LogP) is 1.15. The van der Waals surface area contributed by atoms with Crippen molar-refractivity contribution in [1.82, 2.24) is 29.7 Å². The fraction of sp³-hybridized carbons (Fsp3) is 0.750. The molecule has 0 aliphatic carbocycles. The van der Waals surface area contributed by atoms with Crippen molar-refractivity contribution >= 4 is 17.7 Å². The molecule has 160 valence electrons. The molecule has 9 heteroatoms. The van der Waals surface area contributed by atoms with Gasteiger partial charge in [-0.05, 0) is 46.0 Å². The highest BCUT2D eigenvalue weighted by Crippen LogP contribution is 2.23. The van der Waals surface area contributed by atoms with Gasteiger partial charge in [0.15, 0.2) is 5.69 Å². The molecular formula is C20H32N6O3. The van der Waals surface area contributed by atoms with E-state index >= 15 is 0 Å². The van der Waals surface area contributed by atoms with E-state index in [1.54, 1.807) is 11.1 Å². The topological polar surface area (TPSA) is 91.6 Å². The second-order valence-electron chi connectivity index (χ2n) is 7.79. The molecule has 0 radical (unpaired) electrons. The van der Waals surface area contributed by atoms with Gasteiger partial charge in [-0.25, -0.2) is 4.68 Å². The van der Waals surface area contributed by atoms with Crippen molar-refractivity contribution in [3.05, 3.63) is 11.9 Å². The van der Waals surface area contributed by atoms with Gasteiger partial charge < -0.3 is 14.7 Å². The van der Waals surface area contributed by atoms with Crippen molar-refractivity contribution in [1.29, 1.82) is 0 Å². The smallest absolute Gasteiger partial charge is 0.276 e. The minimum atomic E-state index is -0.135. The highest BCUT2D eigenvalue weighted by atomic mass is 16.2. The van der Waals surface area contributed by atoms with E-state index in [1.165, 1.54) is 4.68 Å². The van der Waals surface area contributed by atoms with E-state index in [-0.39, 0.29) is 36.0 Å². The van der Waals surface area contributed by atoms with Gasteiger partial charge in [-0.2, -0.15) is 0 Å². The molecule has 29 heavy (non-hydrogen) atoms. The number of likely N-dealkylation sites (tertiary alicyclic amines) is 2. The number of hydrogen-bond acceptors (Lipinski definition) is 5. The Bertz CT molecular complexity index is 730. The van der Waals surface area contributed by atoms with Crippen LogP contribution in [0, 0.1) is 0 Å². The molecule has 2 saturated heterocycles. The van der Waals surface area contributed by atoms with Gasteiger partial charge in [0.2, 0.25) is 11.8 Å². The Morgan fingerprint density at radius 3 is 2.66 bits per heavy atom. The van der Waals surface area contributed by atoms with Crippen LogP contribution in [0.1, 0.15) is 62.9 Å². The summed E-state index contributed by atoms with van der Waals surface area (Å²) >= 11 is 0. The van der Waals surface area contributed by atoms with Crippen LogP contribution in [0.15, 0.2) is 6.20 Å². The first-order chi connectivity index (χ1) is 14.0. The third-order valence-corrected chi connectivity index (χ3v) is 5.96. The fourth-order valence-corrected chi connectivity index (χ4v) is 4.25. The average Bonchev–Trinajstić information content (AvgIpc) is 3.36. The number of amides is 3. The van der Waals surface area contributed by atoms with Crippen molar-refractivity contribution in [2.45, 2.75) is 65.0 Å². The zero-order chi connectivity index (χ0) is 20.8. The molecule has 0 saturated carbocycles. The first kappa shape index (κ1) is 21.3. The average molecular weight is 405 g/mol. The number of rotatable bonds is 8. The second kappa shape index (κ2) is 9.84. The molecule has 2 aliphatic heterocycles. The monoisotopic (exact) mass is 404 g/mol. The maximum absolute atomic E-state index is 13.1. The van der Waals surface area contributed by atoms with Crippen LogP contribution in [0.2, 0.25) is 0 Å². The van der Waals surface area contributed by atoms with Gasteiger partial charge in [0.05, 0.1) is 6.20 Å². The largest absolute Gasteiger partial charge is 0.343 e. The van der Waals surface area contributed by atoms with Crippen LogP contribution in [-0.4, -0.2) is 86.2 Å². The molecule has 0 aromatic carbocycles. The van der Waals surface area contributed by atoms with Gasteiger partial charge in [-0.3, -0.25) is 14.4 Å². The molecule has 0 bridgehead atoms. The molecule has 0 spiro atoms. The summed E-state index contributed by atoms with van der Waals surface area (Å²) in [6.07, 6.45) is 6.95. The maximum atomic E-state index is 13.1. The Labute approximate surface area is 172 Å². The summed E-state index contributed by atoms with van der Waals surface area (Å²) in [6.45, 7) is 7.47. The highest BCUT2D eigenvalue weighted by Gasteiger charge is 2.30. The summed E-state index contributed by atoms with van der Waals surface area (Å²) in [7, 11) is 0. The van der Waals surface area contributed by atoms with Crippen molar-refractivity contribution in [3.63, 3.8) is 0 Å². The van der Waals surface area contributed by atoms with Crippen LogP contribution in [0.3, 0.4) is 0 Å². The van der Waals surface area contributed by atoms with Crippen LogP contribution in [0.25, 0.3) is 0 Å². The first-order valence-electron chi connectivity index (χ1n) is 10.8. The van der Waals surface area contributed by atoms with Crippen LogP contribution >= 0.6 is 0 Å². The van der Waals surface area contributed by atoms with Crippen molar-refractivity contribution in [3.8, 4) is 0 Å². The van der Waals surface area contributed by atoms with Crippen molar-refractivity contribution < 1.29 is 14.4 Å². The molecular weight excluding hydrogens is 372 g/mol. The van der Waals surface area contributed by atoms with Crippen molar-refractivity contribution in [2.24, 2.45) is 0 Å². The summed E-state index contributed by atoms with van der Waals surface area (Å²) in [5, 5.41) is 8.01. The lowest BCUT2D eigenvalue weighted by Crippen LogP contribution is -2.45. The SMILES string of the molecule is CCN(CC)C(=O)Cn1cc(C(=O)N2CCCC[C@@H]2CCN2CCCC2=O)nn1. The molecule has 3 amide bonds. The number of nitrogens with zero attached hydrogens (tertiary/aromatic N) is 6. The lowest BCUT2D eigenvalue weighted by atomic mass is 9.98. The molecule has 3 heterocycles. The second-order valence-corrected chi connectivity index (χ2v) is 7.79. The lowest BCUT2D eigenvalue weighted by Gasteiger charge is -2.36. The standard InChI is InChI=1S/C20H32N6O3/c1-3-23(4-2)19(28)15-25-14-17(21-22-25)20(29)26-12-6-5-8-16(26)10-13-24-11-7-9-18(24)27/h14,16H,3-13,15H2,1-2H3/t16-/m1/s1. The lowest BCUT2D eigenvalue weighted by molar-refractivity contribution is -0.131. The van der Waals surface area contributed by atoms with Crippen LogP contribution < -0.4 is 0 Å². The first-order valence-corrected chi connectivity index (χ1v) is 10.8. The van der Waals surface area contributed by atoms with E-state index in [1.807, 2.05) is 23.6 Å². The number of carbonyl (C=O) groups is 3. The Kier molecular flexibility index (Phi) is 7.22. The molecule has 2 fully saturated rings. The zero-order valence-electron chi connectivity index (χ0n) is 17.5. The van der Waals surface area contributed by atoms with Gasteiger partial charge in [0.1, 0.15) is 6.54 Å². The maximum Gasteiger partial charge on any atom is 0.276 e. The predicted molar refractivity (Wildman–Crippen MR) is 107 cm³/mol. The highest BCUT2D eigenvalue weighted by molar-refractivity contribution is 5.92. The van der Waals surface area contributed by atoms with Crippen molar-refractivity contribution in [2.75, 3.05) is 32.7 Å². The molecule has 1 atom stereocenters. The Morgan fingerprint density at radius 1 is 1.17 bits per heavy atom. The van der Waals surface area contributed by atoms with Gasteiger partial charge in [0, 0.05) is 45.2 Å². The van der Waals surface area contributed by atoms with E-state index in [0.717, 1.165) is 38.6 Å². The molecule has 9 nitrogen and oxygen atoms in total. The quantitative estimate of drug-likeness (QED) is 0.648. The molecule has 2 aliphatic rings. The van der Waals surface area contributed by atoms with Crippen LogP contribution in [-0.2, 0) is 16.1 Å². The van der Waals surface area contributed by atoms with Gasteiger partial charge in [-0.1, -0.05) is 5.21 Å². The Morgan fingerprint density at radius 2 is 1.97 bits per heavy atom. The zero-order valence-corrected chi connectivity index (χ0v) is 17.5. The van der Waals surface area contributed by atoms with Crippen LogP contribution in [0.5, 0.6) is 0 Å². The van der Waals surface area contributed by atoms with Gasteiger partial charge >= 0.3 is 0 Å². The molecule has 1 aromatic heterocycles. The number of hydrogen-bond donors (Lipinski definition) is 0. The summed E-state index contributed by atoms with van der Waals surface area (Å²) in [5.74, 6) is 0.0495. The normalized spacial score (nSPS) is 19.7. The van der Waals surface area contributed by atoms with Gasteiger partial charge in [-0.15, -0.1) is 5.10 Å². The summed E-state index contributed by atoms with van der Waals surface area (Å²) in [4.78, 5) is 42.7.